The first kappa shape index (κ1) is 13.0. The third-order valence-corrected chi connectivity index (χ3v) is 4.72. The van der Waals surface area contributed by atoms with Gasteiger partial charge in [0.05, 0.1) is 5.38 Å². The van der Waals surface area contributed by atoms with Crippen LogP contribution < -0.4 is 0 Å². The fourth-order valence-corrected chi connectivity index (χ4v) is 3.84. The van der Waals surface area contributed by atoms with E-state index >= 15 is 0 Å². The van der Waals surface area contributed by atoms with Crippen molar-refractivity contribution in [1.82, 2.24) is 4.57 Å². The Balaban J connectivity index is 2.38. The van der Waals surface area contributed by atoms with Crippen LogP contribution in [0.5, 0.6) is 0 Å². The summed E-state index contributed by atoms with van der Waals surface area (Å²) in [7, 11) is 0. The molecule has 1 aromatic heterocycles. The van der Waals surface area contributed by atoms with E-state index in [1.165, 1.54) is 17.9 Å². The number of carbonyl (C=O) groups excluding carboxylic acids is 1. The van der Waals surface area contributed by atoms with Gasteiger partial charge in [-0.25, -0.2) is 0 Å². The van der Waals surface area contributed by atoms with Gasteiger partial charge in [-0.1, -0.05) is 0 Å². The Morgan fingerprint density at radius 2 is 2.29 bits per heavy atom. The summed E-state index contributed by atoms with van der Waals surface area (Å²) >= 11 is 7.88. The molecule has 1 saturated heterocycles. The number of nitrogens with zero attached hydrogens (tertiary/aromatic N) is 1. The van der Waals surface area contributed by atoms with Crippen molar-refractivity contribution in [2.45, 2.75) is 38.6 Å². The predicted molar refractivity (Wildman–Crippen MR) is 74.5 cm³/mol. The molecule has 0 spiro atoms. The van der Waals surface area contributed by atoms with Crippen LogP contribution in [0.15, 0.2) is 6.07 Å². The lowest BCUT2D eigenvalue weighted by Crippen LogP contribution is -2.14. The zero-order chi connectivity index (χ0) is 12.6. The van der Waals surface area contributed by atoms with Crippen molar-refractivity contribution in [2.24, 2.45) is 0 Å². The second kappa shape index (κ2) is 5.07. The number of aryl methyl sites for hydroxylation is 1. The third kappa shape index (κ3) is 2.41. The summed E-state index contributed by atoms with van der Waals surface area (Å²) in [5, 5.41) is -0.443. The zero-order valence-corrected chi connectivity index (χ0v) is 12.1. The molecule has 1 fully saturated rings. The van der Waals surface area contributed by atoms with E-state index in [-0.39, 0.29) is 5.78 Å². The molecule has 4 heteroatoms. The zero-order valence-electron chi connectivity index (χ0n) is 10.5. The molecule has 0 N–H and O–H groups in total. The maximum absolute atomic E-state index is 12.0. The Morgan fingerprint density at radius 1 is 1.59 bits per heavy atom. The standard InChI is InChI=1S/C13H18ClNOS/c1-8-6-12(13(16)9(2)14)10(3)15(8)11-4-5-17-7-11/h6,9,11H,4-5,7H2,1-3H3. The normalized spacial score (nSPS) is 21.8. The lowest BCUT2D eigenvalue weighted by Gasteiger charge is -2.16. The van der Waals surface area contributed by atoms with Crippen LogP contribution in [0, 0.1) is 13.8 Å². The van der Waals surface area contributed by atoms with E-state index in [4.69, 9.17) is 11.6 Å². The average molecular weight is 272 g/mol. The molecule has 2 rings (SSSR count). The van der Waals surface area contributed by atoms with Crippen molar-refractivity contribution < 1.29 is 4.79 Å². The fraction of sp³-hybridized carbons (Fsp3) is 0.615. The minimum Gasteiger partial charge on any atom is -0.345 e. The van der Waals surface area contributed by atoms with Gasteiger partial charge in [-0.05, 0) is 39.0 Å². The van der Waals surface area contributed by atoms with Crippen molar-refractivity contribution in [3.63, 3.8) is 0 Å². The summed E-state index contributed by atoms with van der Waals surface area (Å²) in [6.45, 7) is 5.84. The number of rotatable bonds is 3. The molecule has 2 unspecified atom stereocenters. The van der Waals surface area contributed by atoms with E-state index in [0.717, 1.165) is 17.0 Å². The maximum Gasteiger partial charge on any atom is 0.182 e. The largest absolute Gasteiger partial charge is 0.345 e. The summed E-state index contributed by atoms with van der Waals surface area (Å²) in [6, 6.07) is 2.53. The Labute approximate surface area is 112 Å². The number of ketones is 1. The van der Waals surface area contributed by atoms with Crippen molar-refractivity contribution in [2.75, 3.05) is 11.5 Å². The molecule has 2 nitrogen and oxygen atoms in total. The summed E-state index contributed by atoms with van der Waals surface area (Å²) in [5.41, 5.74) is 3.05. The van der Waals surface area contributed by atoms with Gasteiger partial charge in [0.25, 0.3) is 0 Å². The minimum absolute atomic E-state index is 0.0386. The monoisotopic (exact) mass is 271 g/mol. The van der Waals surface area contributed by atoms with Gasteiger partial charge in [-0.15, -0.1) is 11.6 Å². The van der Waals surface area contributed by atoms with Crippen LogP contribution >= 0.6 is 23.4 Å². The molecule has 0 bridgehead atoms. The molecule has 17 heavy (non-hydrogen) atoms. The molecule has 1 aliphatic heterocycles. The average Bonchev–Trinajstić information content (AvgIpc) is 2.85. The van der Waals surface area contributed by atoms with E-state index < -0.39 is 5.38 Å². The second-order valence-electron chi connectivity index (χ2n) is 4.65. The summed E-state index contributed by atoms with van der Waals surface area (Å²) < 4.78 is 2.31. The Morgan fingerprint density at radius 3 is 2.82 bits per heavy atom. The fourth-order valence-electron chi connectivity index (χ4n) is 2.53. The van der Waals surface area contributed by atoms with Crippen LogP contribution in [0.3, 0.4) is 0 Å². The third-order valence-electron chi connectivity index (χ3n) is 3.38. The molecule has 2 heterocycles. The van der Waals surface area contributed by atoms with Gasteiger partial charge in [-0.2, -0.15) is 11.8 Å². The number of thioether (sulfide) groups is 1. The first-order valence-corrected chi connectivity index (χ1v) is 7.56. The molecule has 0 saturated carbocycles. The Hall–Kier alpha value is -0.410. The number of alkyl halides is 1. The predicted octanol–water partition coefficient (Wildman–Crippen LogP) is 3.59. The highest BCUT2D eigenvalue weighted by Gasteiger charge is 2.24. The molecule has 1 aliphatic rings. The maximum atomic E-state index is 12.0. The van der Waals surface area contributed by atoms with Crippen molar-refractivity contribution in [1.29, 1.82) is 0 Å². The van der Waals surface area contributed by atoms with Crippen LogP contribution in [0.4, 0.5) is 0 Å². The number of halogens is 1. The van der Waals surface area contributed by atoms with Crippen molar-refractivity contribution in [3.05, 3.63) is 23.0 Å². The lowest BCUT2D eigenvalue weighted by molar-refractivity contribution is 0.0991. The second-order valence-corrected chi connectivity index (χ2v) is 6.46. The van der Waals surface area contributed by atoms with Gasteiger partial charge in [0.2, 0.25) is 0 Å². The van der Waals surface area contributed by atoms with Gasteiger partial charge in [0.15, 0.2) is 5.78 Å². The summed E-state index contributed by atoms with van der Waals surface area (Å²) in [4.78, 5) is 12.0. The SMILES string of the molecule is Cc1cc(C(=O)C(C)Cl)c(C)n1C1CCSC1. The Bertz CT molecular complexity index is 433. The number of hydrogen-bond donors (Lipinski definition) is 0. The van der Waals surface area contributed by atoms with Crippen molar-refractivity contribution in [3.8, 4) is 0 Å². The van der Waals surface area contributed by atoms with Crippen LogP contribution in [-0.2, 0) is 0 Å². The molecule has 94 valence electrons. The summed E-state index contributed by atoms with van der Waals surface area (Å²) in [6.07, 6.45) is 1.20. The van der Waals surface area contributed by atoms with E-state index in [2.05, 4.69) is 11.5 Å². The van der Waals surface area contributed by atoms with Gasteiger partial charge in [0.1, 0.15) is 0 Å². The topological polar surface area (TPSA) is 22.0 Å². The molecule has 0 aromatic carbocycles. The van der Waals surface area contributed by atoms with Gasteiger partial charge in [-0.3, -0.25) is 4.79 Å². The first-order chi connectivity index (χ1) is 8.02. The van der Waals surface area contributed by atoms with Crippen LogP contribution in [-0.4, -0.2) is 27.2 Å². The lowest BCUT2D eigenvalue weighted by atomic mass is 10.1. The summed E-state index contributed by atoms with van der Waals surface area (Å²) in [5.74, 6) is 2.41. The van der Waals surface area contributed by atoms with Gasteiger partial charge in [0, 0.05) is 28.7 Å². The molecule has 2 atom stereocenters. The molecular formula is C13H18ClNOS. The highest BCUT2D eigenvalue weighted by Crippen LogP contribution is 2.32. The van der Waals surface area contributed by atoms with Crippen LogP contribution in [0.25, 0.3) is 0 Å². The van der Waals surface area contributed by atoms with E-state index in [1.807, 2.05) is 24.8 Å². The number of aromatic nitrogens is 1. The van der Waals surface area contributed by atoms with E-state index in [9.17, 15) is 4.79 Å². The minimum atomic E-state index is -0.443. The molecule has 1 aromatic rings. The highest BCUT2D eigenvalue weighted by molar-refractivity contribution is 7.99. The highest BCUT2D eigenvalue weighted by atomic mass is 35.5. The molecule has 0 radical (unpaired) electrons. The number of hydrogen-bond acceptors (Lipinski definition) is 2. The quantitative estimate of drug-likeness (QED) is 0.619. The first-order valence-electron chi connectivity index (χ1n) is 5.96. The molecular weight excluding hydrogens is 254 g/mol. The number of carbonyl (C=O) groups is 1. The van der Waals surface area contributed by atoms with Gasteiger partial charge < -0.3 is 4.57 Å². The molecule has 0 aliphatic carbocycles. The van der Waals surface area contributed by atoms with Crippen molar-refractivity contribution >= 4 is 29.1 Å². The van der Waals surface area contributed by atoms with E-state index in [0.29, 0.717) is 6.04 Å². The van der Waals surface area contributed by atoms with Crippen LogP contribution in [0.2, 0.25) is 0 Å². The van der Waals surface area contributed by atoms with Gasteiger partial charge >= 0.3 is 0 Å². The Kier molecular flexibility index (Phi) is 3.88. The van der Waals surface area contributed by atoms with E-state index in [1.54, 1.807) is 6.92 Å². The molecule has 0 amide bonds. The smallest absolute Gasteiger partial charge is 0.182 e. The number of Topliss-reactive ketones (excluding diaryl/α,β-unsaturated/α-hetero) is 1. The van der Waals surface area contributed by atoms with Crippen LogP contribution in [0.1, 0.15) is 41.1 Å².